The van der Waals surface area contributed by atoms with Crippen LogP contribution in [0.25, 0.3) is 0 Å². The molecular weight excluding hydrogens is 278 g/mol. The third-order valence-electron chi connectivity index (χ3n) is 4.64. The van der Waals surface area contributed by atoms with Gasteiger partial charge >= 0.3 is 0 Å². The molecule has 1 heterocycles. The molecule has 0 spiro atoms. The lowest BCUT2D eigenvalue weighted by Crippen LogP contribution is -2.22. The third-order valence-corrected chi connectivity index (χ3v) is 4.64. The van der Waals surface area contributed by atoms with E-state index in [1.54, 1.807) is 0 Å². The van der Waals surface area contributed by atoms with Crippen LogP contribution in [0.3, 0.4) is 0 Å². The largest absolute Gasteiger partial charge is 0.393 e. The van der Waals surface area contributed by atoms with Crippen molar-refractivity contribution >= 4 is 0 Å². The smallest absolute Gasteiger partial charge is 0.145 e. The van der Waals surface area contributed by atoms with E-state index >= 15 is 0 Å². The number of fused-ring (bicyclic) bond motifs is 1. The molecule has 1 aromatic heterocycles. The fourth-order valence-corrected chi connectivity index (χ4v) is 3.35. The Morgan fingerprint density at radius 1 is 1.00 bits per heavy atom. The van der Waals surface area contributed by atoms with Crippen LogP contribution in [0.1, 0.15) is 94.3 Å². The van der Waals surface area contributed by atoms with Crippen molar-refractivity contribution in [1.29, 1.82) is 0 Å². The van der Waals surface area contributed by atoms with Crippen molar-refractivity contribution in [2.75, 3.05) is 0 Å². The Labute approximate surface area is 133 Å². The highest BCUT2D eigenvalue weighted by Gasteiger charge is 2.30. The van der Waals surface area contributed by atoms with Crippen molar-refractivity contribution in [3.63, 3.8) is 0 Å². The van der Waals surface area contributed by atoms with Gasteiger partial charge in [0.05, 0.1) is 17.9 Å². The number of nitrogens with zero attached hydrogens (tertiary/aromatic N) is 1. The molecule has 0 amide bonds. The Balaban J connectivity index is 1.62. The predicted molar refractivity (Wildman–Crippen MR) is 86.7 cm³/mol. The van der Waals surface area contributed by atoms with Gasteiger partial charge in [0.1, 0.15) is 5.76 Å². The fraction of sp³-hybridized carbons (Fsp3) is 0.833. The zero-order valence-corrected chi connectivity index (χ0v) is 13.9. The van der Waals surface area contributed by atoms with E-state index in [0.29, 0.717) is 18.6 Å². The highest BCUT2D eigenvalue weighted by atomic mass is 16.5. The third kappa shape index (κ3) is 5.10. The number of hydrogen-bond donors (Lipinski definition) is 2. The van der Waals surface area contributed by atoms with E-state index < -0.39 is 12.2 Å². The van der Waals surface area contributed by atoms with Crippen LogP contribution in [-0.4, -0.2) is 21.5 Å². The molecule has 4 heteroatoms. The van der Waals surface area contributed by atoms with E-state index in [-0.39, 0.29) is 0 Å². The number of aliphatic hydroxyl groups excluding tert-OH is 2. The first-order valence-corrected chi connectivity index (χ1v) is 9.05. The lowest BCUT2D eigenvalue weighted by atomic mass is 9.90. The number of aromatic nitrogens is 1. The van der Waals surface area contributed by atoms with E-state index in [1.807, 2.05) is 0 Å². The molecule has 126 valence electrons. The van der Waals surface area contributed by atoms with Gasteiger partial charge in [-0.1, -0.05) is 63.4 Å². The molecule has 0 radical (unpaired) electrons. The van der Waals surface area contributed by atoms with E-state index in [4.69, 9.17) is 4.52 Å². The number of aryl methyl sites for hydroxylation is 1. The molecule has 2 atom stereocenters. The molecule has 0 saturated carbocycles. The number of hydrogen-bond acceptors (Lipinski definition) is 4. The summed E-state index contributed by atoms with van der Waals surface area (Å²) in [5, 5.41) is 23.8. The standard InChI is InChI=1S/C18H31NO3/c1-2-3-4-5-6-7-8-9-10-11-15-18-16(21)12-14(20)13-17(18)22-19-15/h14,16,20-21H,2-13H2,1H3. The monoisotopic (exact) mass is 309 g/mol. The lowest BCUT2D eigenvalue weighted by molar-refractivity contribution is 0.0614. The van der Waals surface area contributed by atoms with Crippen LogP contribution in [0.15, 0.2) is 4.52 Å². The molecule has 0 fully saturated rings. The van der Waals surface area contributed by atoms with Gasteiger partial charge in [0.25, 0.3) is 0 Å². The Morgan fingerprint density at radius 2 is 1.64 bits per heavy atom. The molecule has 1 aliphatic carbocycles. The molecule has 2 rings (SSSR count). The van der Waals surface area contributed by atoms with Gasteiger partial charge in [0.15, 0.2) is 0 Å². The lowest BCUT2D eigenvalue weighted by Gasteiger charge is -2.21. The maximum atomic E-state index is 10.1. The van der Waals surface area contributed by atoms with E-state index in [9.17, 15) is 10.2 Å². The van der Waals surface area contributed by atoms with Crippen molar-refractivity contribution in [2.24, 2.45) is 0 Å². The number of rotatable bonds is 10. The van der Waals surface area contributed by atoms with Crippen LogP contribution < -0.4 is 0 Å². The van der Waals surface area contributed by atoms with Crippen LogP contribution in [-0.2, 0) is 12.8 Å². The summed E-state index contributed by atoms with van der Waals surface area (Å²) < 4.78 is 5.29. The van der Waals surface area contributed by atoms with Gasteiger partial charge in [0.2, 0.25) is 0 Å². The molecule has 1 aliphatic rings. The van der Waals surface area contributed by atoms with Crippen LogP contribution in [0.4, 0.5) is 0 Å². The molecule has 2 unspecified atom stereocenters. The summed E-state index contributed by atoms with van der Waals surface area (Å²) in [5.41, 5.74) is 1.75. The van der Waals surface area contributed by atoms with Crippen molar-refractivity contribution < 1.29 is 14.7 Å². The summed E-state index contributed by atoms with van der Waals surface area (Å²) in [6.45, 7) is 2.25. The van der Waals surface area contributed by atoms with Gasteiger partial charge in [-0.25, -0.2) is 0 Å². The van der Waals surface area contributed by atoms with Crippen LogP contribution in [0, 0.1) is 0 Å². The quantitative estimate of drug-likeness (QED) is 0.639. The molecule has 0 saturated heterocycles. The summed E-state index contributed by atoms with van der Waals surface area (Å²) in [5.74, 6) is 0.678. The summed E-state index contributed by atoms with van der Waals surface area (Å²) in [6, 6.07) is 0. The second-order valence-electron chi connectivity index (χ2n) is 6.65. The van der Waals surface area contributed by atoms with Gasteiger partial charge < -0.3 is 14.7 Å². The second-order valence-corrected chi connectivity index (χ2v) is 6.65. The Kier molecular flexibility index (Phi) is 7.40. The average molecular weight is 309 g/mol. The Morgan fingerprint density at radius 3 is 2.32 bits per heavy atom. The topological polar surface area (TPSA) is 66.5 Å². The molecule has 2 N–H and O–H groups in total. The SMILES string of the molecule is CCCCCCCCCCCc1noc2c1C(O)CC(O)C2. The van der Waals surface area contributed by atoms with Crippen molar-refractivity contribution in [1.82, 2.24) is 5.16 Å². The first-order valence-electron chi connectivity index (χ1n) is 9.05. The maximum absolute atomic E-state index is 10.1. The Bertz CT molecular complexity index is 430. The highest BCUT2D eigenvalue weighted by Crippen LogP contribution is 2.33. The number of unbranched alkanes of at least 4 members (excludes halogenated alkanes) is 8. The predicted octanol–water partition coefficient (Wildman–Crippen LogP) is 4.09. The molecule has 0 aliphatic heterocycles. The van der Waals surface area contributed by atoms with Crippen molar-refractivity contribution in [3.8, 4) is 0 Å². The molecular formula is C18H31NO3. The van der Waals surface area contributed by atoms with Gasteiger partial charge in [-0.3, -0.25) is 0 Å². The average Bonchev–Trinajstić information content (AvgIpc) is 2.88. The zero-order valence-electron chi connectivity index (χ0n) is 13.9. The minimum Gasteiger partial charge on any atom is -0.393 e. The van der Waals surface area contributed by atoms with Gasteiger partial charge in [0, 0.05) is 18.4 Å². The first kappa shape index (κ1) is 17.5. The summed E-state index contributed by atoms with van der Waals surface area (Å²) in [7, 11) is 0. The zero-order chi connectivity index (χ0) is 15.8. The van der Waals surface area contributed by atoms with Gasteiger partial charge in [-0.05, 0) is 12.8 Å². The molecule has 4 nitrogen and oxygen atoms in total. The van der Waals surface area contributed by atoms with Gasteiger partial charge in [-0.15, -0.1) is 0 Å². The first-order chi connectivity index (χ1) is 10.7. The van der Waals surface area contributed by atoms with E-state index in [1.165, 1.54) is 51.4 Å². The molecule has 0 aromatic carbocycles. The van der Waals surface area contributed by atoms with Crippen LogP contribution >= 0.6 is 0 Å². The van der Waals surface area contributed by atoms with Crippen LogP contribution in [0.2, 0.25) is 0 Å². The Hall–Kier alpha value is -0.870. The maximum Gasteiger partial charge on any atom is 0.145 e. The number of aliphatic hydroxyl groups is 2. The molecule has 0 bridgehead atoms. The molecule has 1 aromatic rings. The summed E-state index contributed by atoms with van der Waals surface area (Å²) in [6.07, 6.45) is 12.4. The summed E-state index contributed by atoms with van der Waals surface area (Å²) >= 11 is 0. The normalized spacial score (nSPS) is 21.0. The van der Waals surface area contributed by atoms with E-state index in [0.717, 1.165) is 24.1 Å². The van der Waals surface area contributed by atoms with Crippen molar-refractivity contribution in [2.45, 2.75) is 96.2 Å². The summed E-state index contributed by atoms with van der Waals surface area (Å²) in [4.78, 5) is 0. The second kappa shape index (κ2) is 9.31. The fourth-order valence-electron chi connectivity index (χ4n) is 3.35. The van der Waals surface area contributed by atoms with E-state index in [2.05, 4.69) is 12.1 Å². The van der Waals surface area contributed by atoms with Crippen molar-refractivity contribution in [3.05, 3.63) is 17.0 Å². The highest BCUT2D eigenvalue weighted by molar-refractivity contribution is 5.28. The van der Waals surface area contributed by atoms with Crippen LogP contribution in [0.5, 0.6) is 0 Å². The van der Waals surface area contributed by atoms with Gasteiger partial charge in [-0.2, -0.15) is 0 Å². The minimum absolute atomic E-state index is 0.402. The molecule has 22 heavy (non-hydrogen) atoms. The minimum atomic E-state index is -0.612.